The summed E-state index contributed by atoms with van der Waals surface area (Å²) in [7, 11) is 0. The van der Waals surface area contributed by atoms with Crippen LogP contribution in [-0.2, 0) is 0 Å². The second-order valence-electron chi connectivity index (χ2n) is 3.54. The van der Waals surface area contributed by atoms with Crippen LogP contribution in [0.25, 0.3) is 0 Å². The van der Waals surface area contributed by atoms with E-state index in [1.54, 1.807) is 11.8 Å². The zero-order valence-electron chi connectivity index (χ0n) is 8.40. The van der Waals surface area contributed by atoms with Gasteiger partial charge in [-0.25, -0.2) is 4.98 Å². The molecule has 1 aromatic heterocycles. The minimum Gasteiger partial charge on any atom is -0.474 e. The highest BCUT2D eigenvalue weighted by Crippen LogP contribution is 2.24. The second-order valence-corrected chi connectivity index (χ2v) is 4.37. The first kappa shape index (κ1) is 9.84. The Labute approximate surface area is 89.1 Å². The van der Waals surface area contributed by atoms with Gasteiger partial charge < -0.3 is 4.74 Å². The van der Waals surface area contributed by atoms with Gasteiger partial charge in [-0.1, -0.05) is 6.07 Å². The van der Waals surface area contributed by atoms with Crippen LogP contribution in [0.4, 0.5) is 0 Å². The molecule has 0 unspecified atom stereocenters. The van der Waals surface area contributed by atoms with E-state index in [9.17, 15) is 0 Å². The minimum absolute atomic E-state index is 0.402. The van der Waals surface area contributed by atoms with Crippen molar-refractivity contribution < 1.29 is 4.74 Å². The normalized spacial score (nSPS) is 17.2. The summed E-state index contributed by atoms with van der Waals surface area (Å²) in [5.74, 6) is 0.781. The van der Waals surface area contributed by atoms with E-state index in [2.05, 4.69) is 4.98 Å². The standard InChI is InChI=1S/C11H15NOS/c1-14-11-8-4-7-10(12-11)13-9-5-2-3-6-9/h4,7-9H,2-3,5-6H2,1H3. The summed E-state index contributed by atoms with van der Waals surface area (Å²) in [5, 5.41) is 1.03. The molecule has 14 heavy (non-hydrogen) atoms. The fourth-order valence-corrected chi connectivity index (χ4v) is 2.15. The van der Waals surface area contributed by atoms with Gasteiger partial charge in [0.2, 0.25) is 5.88 Å². The van der Waals surface area contributed by atoms with Gasteiger partial charge in [0.25, 0.3) is 0 Å². The number of pyridine rings is 1. The number of thioether (sulfide) groups is 1. The molecule has 0 spiro atoms. The quantitative estimate of drug-likeness (QED) is 0.714. The van der Waals surface area contributed by atoms with Crippen LogP contribution in [0.15, 0.2) is 23.2 Å². The summed E-state index contributed by atoms with van der Waals surface area (Å²) in [6.07, 6.45) is 7.40. The van der Waals surface area contributed by atoms with Crippen LogP contribution in [0.1, 0.15) is 25.7 Å². The Hall–Kier alpha value is -0.700. The second kappa shape index (κ2) is 4.69. The number of rotatable bonds is 3. The monoisotopic (exact) mass is 209 g/mol. The van der Waals surface area contributed by atoms with Crippen molar-refractivity contribution >= 4 is 11.8 Å². The predicted molar refractivity (Wildman–Crippen MR) is 58.9 cm³/mol. The van der Waals surface area contributed by atoms with Gasteiger partial charge in [-0.05, 0) is 38.0 Å². The smallest absolute Gasteiger partial charge is 0.214 e. The van der Waals surface area contributed by atoms with Gasteiger partial charge in [0.05, 0.1) is 5.03 Å². The summed E-state index contributed by atoms with van der Waals surface area (Å²) >= 11 is 1.65. The Morgan fingerprint density at radius 1 is 1.36 bits per heavy atom. The first-order valence-corrected chi connectivity index (χ1v) is 6.28. The van der Waals surface area contributed by atoms with Gasteiger partial charge in [0, 0.05) is 6.07 Å². The molecule has 0 aromatic carbocycles. The van der Waals surface area contributed by atoms with Crippen LogP contribution < -0.4 is 4.74 Å². The van der Waals surface area contributed by atoms with Gasteiger partial charge >= 0.3 is 0 Å². The largest absolute Gasteiger partial charge is 0.474 e. The van der Waals surface area contributed by atoms with Crippen molar-refractivity contribution in [2.45, 2.75) is 36.8 Å². The number of ether oxygens (including phenoxy) is 1. The molecule has 0 radical (unpaired) electrons. The molecule has 0 atom stereocenters. The summed E-state index contributed by atoms with van der Waals surface area (Å²) in [6, 6.07) is 5.95. The first-order valence-electron chi connectivity index (χ1n) is 5.06. The number of aromatic nitrogens is 1. The van der Waals surface area contributed by atoms with Crippen LogP contribution in [0.3, 0.4) is 0 Å². The van der Waals surface area contributed by atoms with E-state index >= 15 is 0 Å². The van der Waals surface area contributed by atoms with Crippen molar-refractivity contribution in [3.63, 3.8) is 0 Å². The van der Waals surface area contributed by atoms with E-state index in [-0.39, 0.29) is 0 Å². The van der Waals surface area contributed by atoms with Crippen LogP contribution in [-0.4, -0.2) is 17.3 Å². The first-order chi connectivity index (χ1) is 6.88. The van der Waals surface area contributed by atoms with E-state index in [4.69, 9.17) is 4.74 Å². The lowest BCUT2D eigenvalue weighted by Crippen LogP contribution is -2.11. The van der Waals surface area contributed by atoms with Crippen molar-refractivity contribution in [1.82, 2.24) is 4.98 Å². The molecule has 1 heterocycles. The summed E-state index contributed by atoms with van der Waals surface area (Å²) in [6.45, 7) is 0. The summed E-state index contributed by atoms with van der Waals surface area (Å²) < 4.78 is 5.79. The average Bonchev–Trinajstić information content (AvgIpc) is 2.71. The van der Waals surface area contributed by atoms with Gasteiger partial charge in [-0.2, -0.15) is 0 Å². The molecule has 1 fully saturated rings. The fraction of sp³-hybridized carbons (Fsp3) is 0.545. The van der Waals surface area contributed by atoms with E-state index in [0.29, 0.717) is 6.10 Å². The summed E-state index contributed by atoms with van der Waals surface area (Å²) in [4.78, 5) is 4.40. The molecular formula is C11H15NOS. The Morgan fingerprint density at radius 2 is 2.14 bits per heavy atom. The molecule has 1 aliphatic carbocycles. The lowest BCUT2D eigenvalue weighted by atomic mass is 10.3. The lowest BCUT2D eigenvalue weighted by molar-refractivity contribution is 0.200. The van der Waals surface area contributed by atoms with Gasteiger partial charge in [0.1, 0.15) is 6.10 Å². The summed E-state index contributed by atoms with van der Waals surface area (Å²) in [5.41, 5.74) is 0. The highest BCUT2D eigenvalue weighted by Gasteiger charge is 2.16. The van der Waals surface area contributed by atoms with Crippen molar-refractivity contribution in [2.24, 2.45) is 0 Å². The fourth-order valence-electron chi connectivity index (χ4n) is 1.75. The van der Waals surface area contributed by atoms with Crippen LogP contribution in [0.2, 0.25) is 0 Å². The van der Waals surface area contributed by atoms with Crippen molar-refractivity contribution in [3.05, 3.63) is 18.2 Å². The molecule has 0 bridgehead atoms. The zero-order chi connectivity index (χ0) is 9.80. The van der Waals surface area contributed by atoms with E-state index in [1.165, 1.54) is 25.7 Å². The molecule has 3 heteroatoms. The molecule has 0 N–H and O–H groups in total. The van der Waals surface area contributed by atoms with E-state index < -0.39 is 0 Å². The third kappa shape index (κ3) is 2.41. The molecule has 2 rings (SSSR count). The lowest BCUT2D eigenvalue weighted by Gasteiger charge is -2.11. The molecule has 1 aromatic rings. The number of hydrogen-bond donors (Lipinski definition) is 0. The predicted octanol–water partition coefficient (Wildman–Crippen LogP) is 3.12. The molecule has 0 amide bonds. The highest BCUT2D eigenvalue weighted by atomic mass is 32.2. The molecule has 1 aliphatic rings. The van der Waals surface area contributed by atoms with Crippen LogP contribution in [0, 0.1) is 0 Å². The van der Waals surface area contributed by atoms with Gasteiger partial charge in [-0.3, -0.25) is 0 Å². The maximum absolute atomic E-state index is 5.79. The zero-order valence-corrected chi connectivity index (χ0v) is 9.22. The Kier molecular flexibility index (Phi) is 3.30. The van der Waals surface area contributed by atoms with E-state index in [1.807, 2.05) is 24.5 Å². The van der Waals surface area contributed by atoms with Gasteiger partial charge in [-0.15, -0.1) is 11.8 Å². The van der Waals surface area contributed by atoms with Gasteiger partial charge in [0.15, 0.2) is 0 Å². The molecule has 2 nitrogen and oxygen atoms in total. The average molecular weight is 209 g/mol. The molecule has 76 valence electrons. The number of hydrogen-bond acceptors (Lipinski definition) is 3. The maximum Gasteiger partial charge on any atom is 0.214 e. The Balaban J connectivity index is 2.00. The Bertz CT molecular complexity index is 297. The highest BCUT2D eigenvalue weighted by molar-refractivity contribution is 7.98. The van der Waals surface area contributed by atoms with E-state index in [0.717, 1.165) is 10.9 Å². The van der Waals surface area contributed by atoms with Crippen molar-refractivity contribution in [1.29, 1.82) is 0 Å². The molecular weight excluding hydrogens is 194 g/mol. The van der Waals surface area contributed by atoms with Crippen LogP contribution in [0.5, 0.6) is 5.88 Å². The topological polar surface area (TPSA) is 22.1 Å². The minimum atomic E-state index is 0.402. The Morgan fingerprint density at radius 3 is 2.86 bits per heavy atom. The third-order valence-corrected chi connectivity index (χ3v) is 3.14. The van der Waals surface area contributed by atoms with Crippen molar-refractivity contribution in [2.75, 3.05) is 6.26 Å². The third-order valence-electron chi connectivity index (χ3n) is 2.50. The van der Waals surface area contributed by atoms with Crippen LogP contribution >= 0.6 is 11.8 Å². The maximum atomic E-state index is 5.79. The number of nitrogens with zero attached hydrogens (tertiary/aromatic N) is 1. The SMILES string of the molecule is CSc1cccc(OC2CCCC2)n1. The molecule has 1 saturated carbocycles. The van der Waals surface area contributed by atoms with Crippen molar-refractivity contribution in [3.8, 4) is 5.88 Å². The molecule has 0 saturated heterocycles. The molecule has 0 aliphatic heterocycles.